The Morgan fingerprint density at radius 3 is 2.44 bits per heavy atom. The van der Waals surface area contributed by atoms with Crippen LogP contribution in [-0.2, 0) is 17.9 Å². The first kappa shape index (κ1) is 20.3. The number of anilines is 1. The van der Waals surface area contributed by atoms with Gasteiger partial charge in [-0.15, -0.1) is 0 Å². The van der Waals surface area contributed by atoms with E-state index < -0.39 is 0 Å². The summed E-state index contributed by atoms with van der Waals surface area (Å²) in [7, 11) is 0. The minimum absolute atomic E-state index is 0.0255. The minimum Gasteiger partial charge on any atom is -0.326 e. The molecule has 1 aliphatic heterocycles. The number of carbonyl (C=O) groups is 1. The molecule has 4 aromatic rings. The van der Waals surface area contributed by atoms with Gasteiger partial charge in [-0.25, -0.2) is 4.98 Å². The Bertz CT molecular complexity index is 1300. The highest BCUT2D eigenvalue weighted by Crippen LogP contribution is 2.38. The normalized spacial score (nSPS) is 14.7. The smallest absolute Gasteiger partial charge is 0.259 e. The monoisotopic (exact) mass is 421 g/mol. The molecule has 0 spiro atoms. The molecule has 160 valence electrons. The Balaban J connectivity index is 1.55. The molecule has 0 saturated heterocycles. The number of fused-ring (bicyclic) bond motifs is 2. The van der Waals surface area contributed by atoms with Gasteiger partial charge in [-0.3, -0.25) is 4.79 Å². The molecule has 3 aromatic carbocycles. The zero-order valence-electron chi connectivity index (χ0n) is 18.5. The van der Waals surface area contributed by atoms with E-state index in [1.165, 1.54) is 0 Å². The second-order valence-corrected chi connectivity index (χ2v) is 8.73. The number of rotatable bonds is 6. The van der Waals surface area contributed by atoms with Crippen molar-refractivity contribution < 1.29 is 4.79 Å². The molecule has 0 unspecified atom stereocenters. The molecule has 1 amide bonds. The van der Waals surface area contributed by atoms with E-state index in [1.807, 2.05) is 77.7 Å². The Labute approximate surface area is 188 Å². The zero-order chi connectivity index (χ0) is 22.1. The first-order valence-electron chi connectivity index (χ1n) is 11.2. The largest absolute Gasteiger partial charge is 0.326 e. The summed E-state index contributed by atoms with van der Waals surface area (Å²) >= 11 is 0. The molecule has 4 nitrogen and oxygen atoms in total. The zero-order valence-corrected chi connectivity index (χ0v) is 18.5. The third-order valence-electron chi connectivity index (χ3n) is 6.03. The average Bonchev–Trinajstić information content (AvgIpc) is 3.29. The van der Waals surface area contributed by atoms with Crippen LogP contribution in [0.2, 0.25) is 0 Å². The molecule has 5 rings (SSSR count). The predicted octanol–water partition coefficient (Wildman–Crippen LogP) is 6.17. The van der Waals surface area contributed by atoms with Gasteiger partial charge in [0.2, 0.25) is 0 Å². The Kier molecular flexibility index (Phi) is 5.36. The van der Waals surface area contributed by atoms with Crippen LogP contribution in [0.5, 0.6) is 0 Å². The molecule has 2 heterocycles. The lowest BCUT2D eigenvalue weighted by Crippen LogP contribution is -2.27. The third kappa shape index (κ3) is 3.73. The van der Waals surface area contributed by atoms with Crippen LogP contribution in [0.3, 0.4) is 0 Å². The number of imidazole rings is 1. The lowest BCUT2D eigenvalue weighted by molar-refractivity contribution is -0.113. The molecule has 1 aromatic heterocycles. The molecule has 0 saturated carbocycles. The highest BCUT2D eigenvalue weighted by atomic mass is 16.2. The number of amides is 1. The van der Waals surface area contributed by atoms with E-state index in [0.29, 0.717) is 12.5 Å². The van der Waals surface area contributed by atoms with Crippen molar-refractivity contribution in [2.45, 2.75) is 33.4 Å². The van der Waals surface area contributed by atoms with Gasteiger partial charge in [0.25, 0.3) is 5.91 Å². The summed E-state index contributed by atoms with van der Waals surface area (Å²) in [4.78, 5) is 20.4. The van der Waals surface area contributed by atoms with Crippen LogP contribution in [-0.4, -0.2) is 15.5 Å². The van der Waals surface area contributed by atoms with Crippen LogP contribution < -0.4 is 4.90 Å². The molecular weight excluding hydrogens is 394 g/mol. The molecule has 4 heteroatoms. The van der Waals surface area contributed by atoms with Crippen LogP contribution >= 0.6 is 0 Å². The van der Waals surface area contributed by atoms with E-state index in [2.05, 4.69) is 30.5 Å². The standard InChI is InChI=1S/C28H27N3O/c1-20(2)16-17-30-26-15-9-7-13-24(26)29-27(30)19-31-25-14-8-6-12-22(25)23(28(31)32)18-21-10-4-3-5-11-21/h3-15,18,20H,16-17,19H2,1-2H3/b23-18+. The number of aromatic nitrogens is 2. The molecule has 0 atom stereocenters. The Hall–Kier alpha value is -3.66. The first-order valence-corrected chi connectivity index (χ1v) is 11.2. The van der Waals surface area contributed by atoms with Gasteiger partial charge in [-0.2, -0.15) is 0 Å². The summed E-state index contributed by atoms with van der Waals surface area (Å²) in [5, 5.41) is 0. The third-order valence-corrected chi connectivity index (χ3v) is 6.03. The van der Waals surface area contributed by atoms with Crippen molar-refractivity contribution in [3.63, 3.8) is 0 Å². The first-order chi connectivity index (χ1) is 15.6. The van der Waals surface area contributed by atoms with Crippen molar-refractivity contribution in [3.05, 3.63) is 95.8 Å². The summed E-state index contributed by atoms with van der Waals surface area (Å²) in [5.74, 6) is 1.55. The van der Waals surface area contributed by atoms with Crippen LogP contribution in [0.1, 0.15) is 37.2 Å². The second kappa shape index (κ2) is 8.46. The van der Waals surface area contributed by atoms with Gasteiger partial charge in [0, 0.05) is 17.7 Å². The van der Waals surface area contributed by atoms with Crippen LogP contribution in [0.15, 0.2) is 78.9 Å². The molecule has 0 bridgehead atoms. The summed E-state index contributed by atoms with van der Waals surface area (Å²) in [6.07, 6.45) is 3.06. The quantitative estimate of drug-likeness (QED) is 0.349. The fraction of sp³-hybridized carbons (Fsp3) is 0.214. The topological polar surface area (TPSA) is 38.1 Å². The van der Waals surface area contributed by atoms with Crippen molar-refractivity contribution in [2.75, 3.05) is 4.90 Å². The fourth-order valence-corrected chi connectivity index (χ4v) is 4.34. The molecule has 0 N–H and O–H groups in total. The number of carbonyl (C=O) groups excluding carboxylic acids is 1. The van der Waals surface area contributed by atoms with Gasteiger partial charge in [0.05, 0.1) is 23.3 Å². The van der Waals surface area contributed by atoms with E-state index in [-0.39, 0.29) is 5.91 Å². The van der Waals surface area contributed by atoms with E-state index in [4.69, 9.17) is 4.98 Å². The van der Waals surface area contributed by atoms with Gasteiger partial charge in [0.15, 0.2) is 0 Å². The van der Waals surface area contributed by atoms with Crippen molar-refractivity contribution in [3.8, 4) is 0 Å². The van der Waals surface area contributed by atoms with Crippen LogP contribution in [0.4, 0.5) is 5.69 Å². The average molecular weight is 422 g/mol. The minimum atomic E-state index is 0.0255. The number of benzene rings is 3. The Morgan fingerprint density at radius 1 is 0.906 bits per heavy atom. The van der Waals surface area contributed by atoms with Crippen molar-refractivity contribution in [1.29, 1.82) is 0 Å². The fourth-order valence-electron chi connectivity index (χ4n) is 4.34. The van der Waals surface area contributed by atoms with E-state index >= 15 is 0 Å². The summed E-state index contributed by atoms with van der Waals surface area (Å²) < 4.78 is 2.28. The predicted molar refractivity (Wildman–Crippen MR) is 131 cm³/mol. The van der Waals surface area contributed by atoms with Crippen LogP contribution in [0, 0.1) is 5.92 Å². The molecule has 0 radical (unpaired) electrons. The maximum atomic E-state index is 13.6. The van der Waals surface area contributed by atoms with Gasteiger partial charge in [0.1, 0.15) is 5.82 Å². The maximum absolute atomic E-state index is 13.6. The highest BCUT2D eigenvalue weighted by molar-refractivity contribution is 6.35. The van der Waals surface area contributed by atoms with Gasteiger partial charge in [-0.05, 0) is 42.2 Å². The summed E-state index contributed by atoms with van der Waals surface area (Å²) in [6, 6.07) is 26.3. The Morgan fingerprint density at radius 2 is 1.62 bits per heavy atom. The number of para-hydroxylation sites is 3. The maximum Gasteiger partial charge on any atom is 0.259 e. The van der Waals surface area contributed by atoms with Crippen molar-refractivity contribution >= 4 is 34.3 Å². The number of aryl methyl sites for hydroxylation is 1. The SMILES string of the molecule is CC(C)CCn1c(CN2C(=O)/C(=C/c3ccccc3)c3ccccc32)nc2ccccc21. The molecule has 0 fully saturated rings. The molecular formula is C28H27N3O. The summed E-state index contributed by atoms with van der Waals surface area (Å²) in [5.41, 5.74) is 5.79. The highest BCUT2D eigenvalue weighted by Gasteiger charge is 2.33. The van der Waals surface area contributed by atoms with Crippen molar-refractivity contribution in [2.24, 2.45) is 5.92 Å². The number of hydrogen-bond donors (Lipinski definition) is 0. The van der Waals surface area contributed by atoms with Gasteiger partial charge in [-0.1, -0.05) is 74.5 Å². The lowest BCUT2D eigenvalue weighted by Gasteiger charge is -2.18. The molecule has 32 heavy (non-hydrogen) atoms. The van der Waals surface area contributed by atoms with Gasteiger partial charge < -0.3 is 9.47 Å². The van der Waals surface area contributed by atoms with Gasteiger partial charge >= 0.3 is 0 Å². The number of nitrogens with zero attached hydrogens (tertiary/aromatic N) is 3. The number of hydrogen-bond acceptors (Lipinski definition) is 2. The summed E-state index contributed by atoms with van der Waals surface area (Å²) in [6.45, 7) is 5.82. The van der Waals surface area contributed by atoms with E-state index in [0.717, 1.165) is 52.2 Å². The second-order valence-electron chi connectivity index (χ2n) is 8.73. The molecule has 0 aliphatic carbocycles. The lowest BCUT2D eigenvalue weighted by atomic mass is 10.0. The van der Waals surface area contributed by atoms with E-state index in [1.54, 1.807) is 0 Å². The van der Waals surface area contributed by atoms with Crippen molar-refractivity contribution in [1.82, 2.24) is 9.55 Å². The van der Waals surface area contributed by atoms with Crippen LogP contribution in [0.25, 0.3) is 22.7 Å². The molecule has 1 aliphatic rings. The van der Waals surface area contributed by atoms with E-state index in [9.17, 15) is 4.79 Å².